The van der Waals surface area contributed by atoms with Crippen LogP contribution in [0.3, 0.4) is 0 Å². The summed E-state index contributed by atoms with van der Waals surface area (Å²) in [6.45, 7) is 0.760. The lowest BCUT2D eigenvalue weighted by atomic mass is 10.2. The van der Waals surface area contributed by atoms with E-state index in [1.165, 1.54) is 0 Å². The van der Waals surface area contributed by atoms with Crippen LogP contribution in [-0.4, -0.2) is 29.3 Å². The molecular weight excluding hydrogens is 242 g/mol. The molecule has 1 fully saturated rings. The van der Waals surface area contributed by atoms with Crippen LogP contribution >= 0.6 is 0 Å². The molecule has 2 heterocycles. The molecule has 0 N–H and O–H groups in total. The van der Waals surface area contributed by atoms with E-state index in [4.69, 9.17) is 4.74 Å². The van der Waals surface area contributed by atoms with Crippen LogP contribution in [0.2, 0.25) is 0 Å². The van der Waals surface area contributed by atoms with E-state index in [2.05, 4.69) is 5.10 Å². The van der Waals surface area contributed by atoms with Gasteiger partial charge in [0.2, 0.25) is 5.91 Å². The van der Waals surface area contributed by atoms with Gasteiger partial charge in [0.25, 0.3) is 0 Å². The molecule has 1 aromatic carbocycles. The lowest BCUT2D eigenvalue weighted by molar-refractivity contribution is -0.117. The minimum Gasteiger partial charge on any atom is -0.494 e. The molecule has 1 aliphatic heterocycles. The summed E-state index contributed by atoms with van der Waals surface area (Å²) in [4.78, 5) is 13.6. The Morgan fingerprint density at radius 1 is 1.37 bits per heavy atom. The zero-order valence-corrected chi connectivity index (χ0v) is 10.7. The molecule has 0 unspecified atom stereocenters. The van der Waals surface area contributed by atoms with Gasteiger partial charge >= 0.3 is 0 Å². The van der Waals surface area contributed by atoms with Crippen molar-refractivity contribution in [2.24, 2.45) is 0 Å². The molecule has 0 aliphatic carbocycles. The summed E-state index contributed by atoms with van der Waals surface area (Å²) in [6.07, 6.45) is 5.12. The quantitative estimate of drug-likeness (QED) is 0.845. The third-order valence-electron chi connectivity index (χ3n) is 3.30. The first-order valence-electron chi connectivity index (χ1n) is 6.28. The summed E-state index contributed by atoms with van der Waals surface area (Å²) >= 11 is 0. The Balaban J connectivity index is 2.00. The van der Waals surface area contributed by atoms with Crippen LogP contribution in [-0.2, 0) is 4.79 Å². The zero-order chi connectivity index (χ0) is 13.2. The van der Waals surface area contributed by atoms with Gasteiger partial charge in [0, 0.05) is 31.4 Å². The van der Waals surface area contributed by atoms with Crippen LogP contribution in [0.25, 0.3) is 5.69 Å². The van der Waals surface area contributed by atoms with Crippen LogP contribution in [0, 0.1) is 0 Å². The van der Waals surface area contributed by atoms with Gasteiger partial charge in [-0.25, -0.2) is 4.68 Å². The van der Waals surface area contributed by atoms with Gasteiger partial charge in [0.05, 0.1) is 18.5 Å². The molecule has 98 valence electrons. The van der Waals surface area contributed by atoms with E-state index in [-0.39, 0.29) is 5.91 Å². The zero-order valence-electron chi connectivity index (χ0n) is 10.7. The molecule has 1 amide bonds. The summed E-state index contributed by atoms with van der Waals surface area (Å²) in [5, 5.41) is 4.18. The lowest BCUT2D eigenvalue weighted by Gasteiger charge is -2.19. The molecule has 0 bridgehead atoms. The molecule has 0 saturated carbocycles. The van der Waals surface area contributed by atoms with Gasteiger partial charge in [-0.3, -0.25) is 4.79 Å². The number of hydrogen-bond donors (Lipinski definition) is 0. The maximum Gasteiger partial charge on any atom is 0.227 e. The molecule has 1 saturated heterocycles. The van der Waals surface area contributed by atoms with Gasteiger partial charge < -0.3 is 9.64 Å². The Morgan fingerprint density at radius 2 is 2.26 bits per heavy atom. The fraction of sp³-hybridized carbons (Fsp3) is 0.286. The van der Waals surface area contributed by atoms with Gasteiger partial charge in [0.15, 0.2) is 0 Å². The Hall–Kier alpha value is -2.30. The van der Waals surface area contributed by atoms with Gasteiger partial charge in [-0.15, -0.1) is 0 Å². The van der Waals surface area contributed by atoms with Crippen molar-refractivity contribution in [1.82, 2.24) is 9.78 Å². The molecule has 1 aliphatic rings. The van der Waals surface area contributed by atoms with Crippen molar-refractivity contribution in [3.8, 4) is 11.4 Å². The molecule has 0 atom stereocenters. The van der Waals surface area contributed by atoms with Crippen LogP contribution in [0.4, 0.5) is 5.69 Å². The van der Waals surface area contributed by atoms with E-state index in [0.29, 0.717) is 12.2 Å². The van der Waals surface area contributed by atoms with Crippen molar-refractivity contribution < 1.29 is 9.53 Å². The van der Waals surface area contributed by atoms with E-state index >= 15 is 0 Å². The Morgan fingerprint density at radius 3 is 2.89 bits per heavy atom. The average Bonchev–Trinajstić information content (AvgIpc) is 3.09. The number of carbonyl (C=O) groups excluding carboxylic acids is 1. The number of carbonyl (C=O) groups is 1. The minimum absolute atomic E-state index is 0.158. The number of benzene rings is 1. The smallest absolute Gasteiger partial charge is 0.227 e. The van der Waals surface area contributed by atoms with Crippen molar-refractivity contribution in [3.05, 3.63) is 36.7 Å². The fourth-order valence-corrected chi connectivity index (χ4v) is 2.36. The lowest BCUT2D eigenvalue weighted by Crippen LogP contribution is -2.24. The molecule has 2 aromatic rings. The molecule has 1 aromatic heterocycles. The van der Waals surface area contributed by atoms with E-state index in [0.717, 1.165) is 24.3 Å². The highest BCUT2D eigenvalue weighted by Gasteiger charge is 2.24. The number of aromatic nitrogens is 2. The second kappa shape index (κ2) is 4.76. The van der Waals surface area contributed by atoms with E-state index < -0.39 is 0 Å². The SMILES string of the molecule is COc1cc(-n2cccn2)ccc1N1CCCC1=O. The second-order valence-electron chi connectivity index (χ2n) is 4.46. The number of rotatable bonds is 3. The molecule has 19 heavy (non-hydrogen) atoms. The maximum atomic E-state index is 11.8. The molecule has 0 spiro atoms. The van der Waals surface area contributed by atoms with Crippen molar-refractivity contribution in [3.63, 3.8) is 0 Å². The third kappa shape index (κ3) is 2.07. The van der Waals surface area contributed by atoms with Crippen molar-refractivity contribution in [2.75, 3.05) is 18.6 Å². The van der Waals surface area contributed by atoms with Gasteiger partial charge in [-0.05, 0) is 24.6 Å². The minimum atomic E-state index is 0.158. The molecule has 3 rings (SSSR count). The van der Waals surface area contributed by atoms with Crippen LogP contribution in [0.1, 0.15) is 12.8 Å². The largest absolute Gasteiger partial charge is 0.494 e. The number of amides is 1. The highest BCUT2D eigenvalue weighted by Crippen LogP contribution is 2.33. The monoisotopic (exact) mass is 257 g/mol. The second-order valence-corrected chi connectivity index (χ2v) is 4.46. The highest BCUT2D eigenvalue weighted by molar-refractivity contribution is 5.96. The average molecular weight is 257 g/mol. The number of nitrogens with zero attached hydrogens (tertiary/aromatic N) is 3. The predicted octanol–water partition coefficient (Wildman–Crippen LogP) is 2.01. The summed E-state index contributed by atoms with van der Waals surface area (Å²) in [6, 6.07) is 7.62. The number of hydrogen-bond acceptors (Lipinski definition) is 3. The molecular formula is C14H15N3O2. The maximum absolute atomic E-state index is 11.8. The fourth-order valence-electron chi connectivity index (χ4n) is 2.36. The van der Waals surface area contributed by atoms with Crippen molar-refractivity contribution in [2.45, 2.75) is 12.8 Å². The number of methoxy groups -OCH3 is 1. The Labute approximate surface area is 111 Å². The summed E-state index contributed by atoms with van der Waals surface area (Å²) in [5.41, 5.74) is 1.75. The van der Waals surface area contributed by atoms with E-state index in [1.807, 2.05) is 30.5 Å². The number of ether oxygens (including phenoxy) is 1. The first-order valence-corrected chi connectivity index (χ1v) is 6.28. The first kappa shape index (κ1) is 11.8. The summed E-state index contributed by atoms with van der Waals surface area (Å²) in [5.74, 6) is 0.855. The third-order valence-corrected chi connectivity index (χ3v) is 3.30. The predicted molar refractivity (Wildman–Crippen MR) is 71.7 cm³/mol. The van der Waals surface area contributed by atoms with Crippen LogP contribution in [0.15, 0.2) is 36.7 Å². The van der Waals surface area contributed by atoms with E-state index in [9.17, 15) is 4.79 Å². The van der Waals surface area contributed by atoms with Crippen LogP contribution < -0.4 is 9.64 Å². The van der Waals surface area contributed by atoms with Crippen molar-refractivity contribution >= 4 is 11.6 Å². The standard InChI is InChI=1S/C14H15N3O2/c1-19-13-10-11(17-9-3-7-15-17)5-6-12(13)16-8-2-4-14(16)18/h3,5-7,9-10H,2,4,8H2,1H3. The Bertz CT molecular complexity index is 593. The first-order chi connectivity index (χ1) is 9.29. The Kier molecular flexibility index (Phi) is 2.95. The van der Waals surface area contributed by atoms with E-state index in [1.54, 1.807) is 22.9 Å². The number of anilines is 1. The summed E-state index contributed by atoms with van der Waals surface area (Å²) in [7, 11) is 1.62. The summed E-state index contributed by atoms with van der Waals surface area (Å²) < 4.78 is 7.17. The molecule has 0 radical (unpaired) electrons. The molecule has 5 nitrogen and oxygen atoms in total. The topological polar surface area (TPSA) is 47.4 Å². The molecule has 5 heteroatoms. The normalized spacial score (nSPS) is 15.0. The van der Waals surface area contributed by atoms with Crippen molar-refractivity contribution in [1.29, 1.82) is 0 Å². The van der Waals surface area contributed by atoms with Gasteiger partial charge in [-0.1, -0.05) is 0 Å². The van der Waals surface area contributed by atoms with Crippen LogP contribution in [0.5, 0.6) is 5.75 Å². The van der Waals surface area contributed by atoms with Gasteiger partial charge in [0.1, 0.15) is 5.75 Å². The van der Waals surface area contributed by atoms with Gasteiger partial charge in [-0.2, -0.15) is 5.10 Å². The highest BCUT2D eigenvalue weighted by atomic mass is 16.5.